The minimum Gasteiger partial charge on any atom is -0.542 e. The lowest BCUT2D eigenvalue weighted by Crippen LogP contribution is -2.20. The number of aromatic nitrogens is 3. The van der Waals surface area contributed by atoms with Gasteiger partial charge in [0.25, 0.3) is 5.56 Å². The van der Waals surface area contributed by atoms with Crippen molar-refractivity contribution < 1.29 is 9.63 Å². The standard InChI is InChI=1S/C19H23N5O3/c1-11-9-7-8-10-13(11)24-17(25)14(12(2)23(24)6)20-21-15-16(19(3,4)5)22-27-18(15)26/h7-10,26H,1-6H3/p-1. The molecule has 0 bridgehead atoms. The van der Waals surface area contributed by atoms with E-state index in [9.17, 15) is 9.90 Å². The van der Waals surface area contributed by atoms with E-state index < -0.39 is 11.4 Å². The van der Waals surface area contributed by atoms with Crippen molar-refractivity contribution in [1.82, 2.24) is 14.5 Å². The van der Waals surface area contributed by atoms with Crippen molar-refractivity contribution in [3.63, 3.8) is 0 Å². The average Bonchev–Trinajstić information content (AvgIpc) is 3.06. The maximum atomic E-state index is 13.0. The van der Waals surface area contributed by atoms with Gasteiger partial charge in [0.2, 0.25) is 0 Å². The molecule has 0 radical (unpaired) electrons. The minimum atomic E-state index is -0.670. The third kappa shape index (κ3) is 3.18. The summed E-state index contributed by atoms with van der Waals surface area (Å²) in [7, 11) is 1.78. The molecule has 8 heteroatoms. The van der Waals surface area contributed by atoms with E-state index in [0.717, 1.165) is 11.3 Å². The van der Waals surface area contributed by atoms with Crippen LogP contribution in [0.4, 0.5) is 11.4 Å². The van der Waals surface area contributed by atoms with E-state index in [4.69, 9.17) is 4.52 Å². The highest BCUT2D eigenvalue weighted by molar-refractivity contribution is 5.52. The van der Waals surface area contributed by atoms with Crippen molar-refractivity contribution in [2.45, 2.75) is 40.0 Å². The number of benzene rings is 1. The Bertz CT molecular complexity index is 1080. The molecule has 0 saturated heterocycles. The second kappa shape index (κ2) is 6.53. The largest absolute Gasteiger partial charge is 0.542 e. The molecule has 8 nitrogen and oxygen atoms in total. The molecule has 3 aromatic rings. The second-order valence-corrected chi connectivity index (χ2v) is 7.48. The van der Waals surface area contributed by atoms with Crippen LogP contribution in [0, 0.1) is 13.8 Å². The quantitative estimate of drug-likeness (QED) is 0.660. The first kappa shape index (κ1) is 18.6. The predicted octanol–water partition coefficient (Wildman–Crippen LogP) is 3.57. The molecule has 2 heterocycles. The highest BCUT2D eigenvalue weighted by Crippen LogP contribution is 2.37. The van der Waals surface area contributed by atoms with Gasteiger partial charge in [-0.15, -0.1) is 10.2 Å². The SMILES string of the molecule is Cc1ccccc1-n1c(=O)c(N=Nc2c(C(C)(C)C)noc2[O-])c(C)n1C. The average molecular weight is 368 g/mol. The van der Waals surface area contributed by atoms with Crippen molar-refractivity contribution in [2.24, 2.45) is 17.3 Å². The molecule has 142 valence electrons. The Kier molecular flexibility index (Phi) is 4.51. The minimum absolute atomic E-state index is 0.0209. The molecule has 0 amide bonds. The summed E-state index contributed by atoms with van der Waals surface area (Å²) >= 11 is 0. The number of para-hydroxylation sites is 1. The molecule has 0 unspecified atom stereocenters. The second-order valence-electron chi connectivity index (χ2n) is 7.48. The van der Waals surface area contributed by atoms with Gasteiger partial charge in [0.05, 0.1) is 17.1 Å². The van der Waals surface area contributed by atoms with Crippen LogP contribution in [-0.4, -0.2) is 14.5 Å². The van der Waals surface area contributed by atoms with E-state index >= 15 is 0 Å². The summed E-state index contributed by atoms with van der Waals surface area (Å²) < 4.78 is 7.99. The summed E-state index contributed by atoms with van der Waals surface area (Å²) in [5.41, 5.74) is 2.20. The van der Waals surface area contributed by atoms with E-state index in [1.165, 1.54) is 4.68 Å². The molecule has 0 saturated carbocycles. The molecule has 0 atom stereocenters. The smallest absolute Gasteiger partial charge is 0.299 e. The summed E-state index contributed by atoms with van der Waals surface area (Å²) in [6.45, 7) is 9.38. The Hall–Kier alpha value is -3.16. The Morgan fingerprint density at radius 3 is 2.37 bits per heavy atom. The van der Waals surface area contributed by atoms with Crippen LogP contribution in [0.25, 0.3) is 5.69 Å². The molecule has 2 aromatic heterocycles. The van der Waals surface area contributed by atoms with Crippen LogP contribution in [0.5, 0.6) is 5.95 Å². The molecule has 0 spiro atoms. The van der Waals surface area contributed by atoms with Gasteiger partial charge in [-0.3, -0.25) is 9.48 Å². The van der Waals surface area contributed by atoms with Crippen molar-refractivity contribution in [1.29, 1.82) is 0 Å². The normalized spacial score (nSPS) is 12.2. The van der Waals surface area contributed by atoms with Gasteiger partial charge in [-0.1, -0.05) is 39.0 Å². The fourth-order valence-corrected chi connectivity index (χ4v) is 2.83. The molecule has 0 aliphatic rings. The zero-order valence-corrected chi connectivity index (χ0v) is 16.3. The van der Waals surface area contributed by atoms with Crippen LogP contribution >= 0.6 is 0 Å². The molecule has 0 fully saturated rings. The highest BCUT2D eigenvalue weighted by atomic mass is 16.5. The summed E-state index contributed by atoms with van der Waals surface area (Å²) in [5.74, 6) is -0.670. The Morgan fingerprint density at radius 1 is 1.11 bits per heavy atom. The third-order valence-corrected chi connectivity index (χ3v) is 4.46. The molecule has 1 aromatic carbocycles. The van der Waals surface area contributed by atoms with Crippen LogP contribution in [0.3, 0.4) is 0 Å². The summed E-state index contributed by atoms with van der Waals surface area (Å²) in [5, 5.41) is 23.9. The molecule has 0 N–H and O–H groups in total. The third-order valence-electron chi connectivity index (χ3n) is 4.46. The van der Waals surface area contributed by atoms with E-state index in [2.05, 4.69) is 15.4 Å². The molecule has 0 aliphatic heterocycles. The predicted molar refractivity (Wildman–Crippen MR) is 99.3 cm³/mol. The number of nitrogens with zero attached hydrogens (tertiary/aromatic N) is 5. The van der Waals surface area contributed by atoms with E-state index in [1.807, 2.05) is 52.0 Å². The van der Waals surface area contributed by atoms with Gasteiger partial charge >= 0.3 is 0 Å². The van der Waals surface area contributed by atoms with Gasteiger partial charge in [0, 0.05) is 12.5 Å². The maximum Gasteiger partial charge on any atom is 0.299 e. The van der Waals surface area contributed by atoms with Gasteiger partial charge in [0.1, 0.15) is 11.6 Å². The zero-order chi connectivity index (χ0) is 19.9. The Labute approximate surface area is 156 Å². The molecular weight excluding hydrogens is 346 g/mol. The summed E-state index contributed by atoms with van der Waals surface area (Å²) in [4.78, 5) is 13.0. The Morgan fingerprint density at radius 2 is 1.74 bits per heavy atom. The van der Waals surface area contributed by atoms with Crippen LogP contribution in [0.2, 0.25) is 0 Å². The number of azo groups is 1. The fraction of sp³-hybridized carbons (Fsp3) is 0.368. The Balaban J connectivity index is 2.13. The van der Waals surface area contributed by atoms with E-state index in [0.29, 0.717) is 11.4 Å². The van der Waals surface area contributed by atoms with Crippen molar-refractivity contribution in [2.75, 3.05) is 0 Å². The van der Waals surface area contributed by atoms with E-state index in [1.54, 1.807) is 18.7 Å². The lowest BCUT2D eigenvalue weighted by molar-refractivity contribution is -0.296. The molecular formula is C19H22N5O3-. The number of hydrogen-bond donors (Lipinski definition) is 0. The zero-order valence-electron chi connectivity index (χ0n) is 16.3. The fourth-order valence-electron chi connectivity index (χ4n) is 2.83. The summed E-state index contributed by atoms with van der Waals surface area (Å²) in [6, 6.07) is 7.58. The van der Waals surface area contributed by atoms with Crippen LogP contribution in [0.15, 0.2) is 43.8 Å². The maximum absolute atomic E-state index is 13.0. The molecule has 3 rings (SSSR count). The first-order chi connectivity index (χ1) is 12.6. The van der Waals surface area contributed by atoms with Gasteiger partial charge < -0.3 is 9.63 Å². The van der Waals surface area contributed by atoms with E-state index in [-0.39, 0.29) is 16.9 Å². The topological polar surface area (TPSA) is 101 Å². The first-order valence-corrected chi connectivity index (χ1v) is 8.56. The van der Waals surface area contributed by atoms with Crippen LogP contribution < -0.4 is 10.7 Å². The number of aryl methyl sites for hydroxylation is 1. The van der Waals surface area contributed by atoms with Gasteiger partial charge in [-0.25, -0.2) is 4.68 Å². The summed E-state index contributed by atoms with van der Waals surface area (Å²) in [6.07, 6.45) is 0. The van der Waals surface area contributed by atoms with Crippen LogP contribution in [-0.2, 0) is 12.5 Å². The first-order valence-electron chi connectivity index (χ1n) is 8.56. The van der Waals surface area contributed by atoms with Crippen molar-refractivity contribution in [3.8, 4) is 11.6 Å². The molecule has 27 heavy (non-hydrogen) atoms. The van der Waals surface area contributed by atoms with Crippen molar-refractivity contribution >= 4 is 11.4 Å². The van der Waals surface area contributed by atoms with Crippen LogP contribution in [0.1, 0.15) is 37.7 Å². The number of rotatable bonds is 3. The number of hydrogen-bond acceptors (Lipinski definition) is 6. The monoisotopic (exact) mass is 368 g/mol. The lowest BCUT2D eigenvalue weighted by atomic mass is 9.91. The lowest BCUT2D eigenvalue weighted by Gasteiger charge is -2.15. The molecule has 0 aliphatic carbocycles. The van der Waals surface area contributed by atoms with Gasteiger partial charge in [-0.2, -0.15) is 5.16 Å². The van der Waals surface area contributed by atoms with Crippen molar-refractivity contribution in [3.05, 3.63) is 51.6 Å². The van der Waals surface area contributed by atoms with Gasteiger partial charge in [0.15, 0.2) is 5.69 Å². The van der Waals surface area contributed by atoms with Gasteiger partial charge in [-0.05, 0) is 25.5 Å². The highest BCUT2D eigenvalue weighted by Gasteiger charge is 2.23.